The van der Waals surface area contributed by atoms with Crippen LogP contribution in [0, 0.1) is 11.8 Å². The molecular weight excluding hydrogens is 158 g/mol. The largest absolute Gasteiger partial charge is 0.366 e. The predicted octanol–water partition coefficient (Wildman–Crippen LogP) is 0.656. The molecule has 3 heteroatoms. The van der Waals surface area contributed by atoms with E-state index in [1.54, 1.807) is 12.4 Å². The molecule has 0 fully saturated rings. The van der Waals surface area contributed by atoms with Crippen LogP contribution in [-0.4, -0.2) is 10.7 Å². The van der Waals surface area contributed by atoms with Crippen molar-refractivity contribution in [2.75, 3.05) is 5.75 Å². The first-order chi connectivity index (χ1) is 5.34. The van der Waals surface area contributed by atoms with E-state index in [0.29, 0.717) is 11.3 Å². The Kier molecular flexibility index (Phi) is 2.82. The van der Waals surface area contributed by atoms with Crippen LogP contribution in [0.25, 0.3) is 0 Å². The van der Waals surface area contributed by atoms with E-state index < -0.39 is 0 Å². The van der Waals surface area contributed by atoms with Crippen LogP contribution in [0.5, 0.6) is 0 Å². The fourth-order valence-corrected chi connectivity index (χ4v) is 0.728. The summed E-state index contributed by atoms with van der Waals surface area (Å²) in [6, 6.07) is 1.45. The first-order valence-electron chi connectivity index (χ1n) is 3.11. The minimum Gasteiger partial charge on any atom is -0.366 e. The summed E-state index contributed by atoms with van der Waals surface area (Å²) in [6.45, 7) is 0. The van der Waals surface area contributed by atoms with Crippen LogP contribution in [0.2, 0.25) is 0 Å². The van der Waals surface area contributed by atoms with Crippen molar-refractivity contribution in [2.45, 2.75) is 0 Å². The molecule has 1 heterocycles. The van der Waals surface area contributed by atoms with E-state index in [-0.39, 0.29) is 5.43 Å². The summed E-state index contributed by atoms with van der Waals surface area (Å²) in [5.41, 5.74) is 0.430. The molecule has 0 radical (unpaired) electrons. The summed E-state index contributed by atoms with van der Waals surface area (Å²) in [5, 5.41) is 0. The molecule has 56 valence electrons. The molecule has 11 heavy (non-hydrogen) atoms. The molecule has 1 aromatic heterocycles. The molecule has 0 aliphatic heterocycles. The van der Waals surface area contributed by atoms with Crippen LogP contribution in [0.3, 0.4) is 0 Å². The van der Waals surface area contributed by atoms with E-state index in [1.807, 2.05) is 0 Å². The van der Waals surface area contributed by atoms with Crippen molar-refractivity contribution in [1.82, 2.24) is 4.98 Å². The van der Waals surface area contributed by atoms with Crippen LogP contribution in [0.1, 0.15) is 5.56 Å². The molecule has 0 amide bonds. The molecule has 0 saturated heterocycles. The van der Waals surface area contributed by atoms with Gasteiger partial charge in [-0.1, -0.05) is 11.8 Å². The van der Waals surface area contributed by atoms with Crippen molar-refractivity contribution in [3.05, 3.63) is 34.2 Å². The molecular formula is C8H7NOS. The monoisotopic (exact) mass is 165 g/mol. The van der Waals surface area contributed by atoms with Gasteiger partial charge in [-0.15, -0.1) is 0 Å². The third-order valence-electron chi connectivity index (χ3n) is 1.13. The lowest BCUT2D eigenvalue weighted by molar-refractivity contribution is 1.28. The second kappa shape index (κ2) is 3.89. The van der Waals surface area contributed by atoms with Gasteiger partial charge < -0.3 is 4.98 Å². The summed E-state index contributed by atoms with van der Waals surface area (Å²) < 4.78 is 0. The van der Waals surface area contributed by atoms with E-state index in [1.165, 1.54) is 6.07 Å². The third kappa shape index (κ3) is 2.17. The fourth-order valence-electron chi connectivity index (χ4n) is 0.649. The Labute approximate surface area is 70.1 Å². The van der Waals surface area contributed by atoms with Gasteiger partial charge in [0.1, 0.15) is 0 Å². The normalized spacial score (nSPS) is 8.45. The van der Waals surface area contributed by atoms with Gasteiger partial charge in [0.2, 0.25) is 0 Å². The highest BCUT2D eigenvalue weighted by atomic mass is 32.1. The second-order valence-corrected chi connectivity index (χ2v) is 2.20. The van der Waals surface area contributed by atoms with E-state index in [2.05, 4.69) is 29.5 Å². The maximum Gasteiger partial charge on any atom is 0.197 e. The molecule has 0 saturated carbocycles. The minimum atomic E-state index is -0.0574. The molecule has 2 nitrogen and oxygen atoms in total. The summed E-state index contributed by atoms with van der Waals surface area (Å²) in [7, 11) is 0. The highest BCUT2D eigenvalue weighted by molar-refractivity contribution is 7.80. The van der Waals surface area contributed by atoms with Crippen LogP contribution < -0.4 is 5.43 Å². The SMILES string of the molecule is O=c1cc[nH]cc1C#CCS. The van der Waals surface area contributed by atoms with Gasteiger partial charge in [0.25, 0.3) is 0 Å². The van der Waals surface area contributed by atoms with Crippen molar-refractivity contribution in [2.24, 2.45) is 0 Å². The number of thiol groups is 1. The Morgan fingerprint density at radius 1 is 1.64 bits per heavy atom. The smallest absolute Gasteiger partial charge is 0.197 e. The van der Waals surface area contributed by atoms with Crippen molar-refractivity contribution in [3.63, 3.8) is 0 Å². The average Bonchev–Trinajstić information content (AvgIpc) is 2.03. The van der Waals surface area contributed by atoms with Gasteiger partial charge in [-0.25, -0.2) is 0 Å². The number of hydrogen-bond acceptors (Lipinski definition) is 2. The number of H-pyrrole nitrogens is 1. The van der Waals surface area contributed by atoms with E-state index in [4.69, 9.17) is 0 Å². The molecule has 0 aromatic carbocycles. The first kappa shape index (κ1) is 7.96. The van der Waals surface area contributed by atoms with E-state index >= 15 is 0 Å². The topological polar surface area (TPSA) is 32.9 Å². The Morgan fingerprint density at radius 2 is 2.45 bits per heavy atom. The molecule has 0 aliphatic rings. The molecule has 0 aliphatic carbocycles. The van der Waals surface area contributed by atoms with Crippen molar-refractivity contribution in [1.29, 1.82) is 0 Å². The number of pyridine rings is 1. The van der Waals surface area contributed by atoms with Crippen molar-refractivity contribution in [3.8, 4) is 11.8 Å². The lowest BCUT2D eigenvalue weighted by Crippen LogP contribution is -2.02. The predicted molar refractivity (Wildman–Crippen MR) is 47.8 cm³/mol. The molecule has 0 spiro atoms. The maximum absolute atomic E-state index is 11.0. The van der Waals surface area contributed by atoms with E-state index in [9.17, 15) is 4.79 Å². The second-order valence-electron chi connectivity index (χ2n) is 1.88. The molecule has 0 atom stereocenters. The average molecular weight is 165 g/mol. The quantitative estimate of drug-likeness (QED) is 0.429. The zero-order valence-corrected chi connectivity index (χ0v) is 6.69. The Hall–Kier alpha value is -1.14. The van der Waals surface area contributed by atoms with Crippen molar-refractivity contribution >= 4 is 12.6 Å². The summed E-state index contributed by atoms with van der Waals surface area (Å²) in [5.74, 6) is 5.86. The zero-order chi connectivity index (χ0) is 8.10. The highest BCUT2D eigenvalue weighted by Gasteiger charge is 1.89. The Morgan fingerprint density at radius 3 is 3.09 bits per heavy atom. The van der Waals surface area contributed by atoms with Crippen LogP contribution >= 0.6 is 12.6 Å². The minimum absolute atomic E-state index is 0.0574. The number of aromatic amines is 1. The van der Waals surface area contributed by atoms with E-state index in [0.717, 1.165) is 0 Å². The van der Waals surface area contributed by atoms with Gasteiger partial charge in [0, 0.05) is 18.5 Å². The van der Waals surface area contributed by atoms with Gasteiger partial charge in [0.05, 0.1) is 11.3 Å². The van der Waals surface area contributed by atoms with Gasteiger partial charge >= 0.3 is 0 Å². The van der Waals surface area contributed by atoms with Gasteiger partial charge in [-0.3, -0.25) is 4.79 Å². The lowest BCUT2D eigenvalue weighted by atomic mass is 10.3. The Balaban J connectivity index is 3.05. The summed E-state index contributed by atoms with van der Waals surface area (Å²) in [6.07, 6.45) is 3.16. The highest BCUT2D eigenvalue weighted by Crippen LogP contribution is 1.82. The summed E-state index contributed by atoms with van der Waals surface area (Å²) in [4.78, 5) is 13.8. The summed E-state index contributed by atoms with van der Waals surface area (Å²) >= 11 is 3.90. The molecule has 1 N–H and O–H groups in total. The lowest BCUT2D eigenvalue weighted by Gasteiger charge is -1.84. The van der Waals surface area contributed by atoms with Gasteiger partial charge in [0.15, 0.2) is 5.43 Å². The molecule has 0 bridgehead atoms. The van der Waals surface area contributed by atoms with Gasteiger partial charge in [-0.05, 0) is 0 Å². The zero-order valence-electron chi connectivity index (χ0n) is 5.79. The van der Waals surface area contributed by atoms with Crippen LogP contribution in [-0.2, 0) is 0 Å². The standard InChI is InChI=1S/C8H7NOS/c10-8-3-4-9-6-7(8)2-1-5-11/h3-4,6,11H,5H2,(H,9,10). The van der Waals surface area contributed by atoms with Crippen LogP contribution in [0.15, 0.2) is 23.3 Å². The number of nitrogens with one attached hydrogen (secondary N) is 1. The molecule has 0 unspecified atom stereocenters. The van der Waals surface area contributed by atoms with Crippen LogP contribution in [0.4, 0.5) is 0 Å². The molecule has 1 rings (SSSR count). The fraction of sp³-hybridized carbons (Fsp3) is 0.125. The Bertz CT molecular complexity index is 345. The van der Waals surface area contributed by atoms with Crippen molar-refractivity contribution < 1.29 is 0 Å². The number of rotatable bonds is 0. The third-order valence-corrected chi connectivity index (χ3v) is 1.28. The number of hydrogen-bond donors (Lipinski definition) is 2. The molecule has 1 aromatic rings. The first-order valence-corrected chi connectivity index (χ1v) is 3.74. The van der Waals surface area contributed by atoms with Gasteiger partial charge in [-0.2, -0.15) is 12.6 Å². The maximum atomic E-state index is 11.0. The number of aromatic nitrogens is 1.